The largest absolute Gasteiger partial charge is 0.337 e. The lowest BCUT2D eigenvalue weighted by Gasteiger charge is -2.03. The lowest BCUT2D eigenvalue weighted by atomic mass is 10.0. The second kappa shape index (κ2) is 4.26. The minimum atomic E-state index is 0.191. The van der Waals surface area contributed by atoms with Crippen LogP contribution in [-0.2, 0) is 4.79 Å². The van der Waals surface area contributed by atoms with Gasteiger partial charge in [-0.05, 0) is 18.4 Å². The van der Waals surface area contributed by atoms with E-state index in [0.717, 1.165) is 25.0 Å². The van der Waals surface area contributed by atoms with Crippen molar-refractivity contribution in [3.8, 4) is 0 Å². The fraction of sp³-hybridized carbons (Fsp3) is 0.545. The highest BCUT2D eigenvalue weighted by Gasteiger charge is 2.27. The van der Waals surface area contributed by atoms with Crippen molar-refractivity contribution in [2.75, 3.05) is 13.6 Å². The molecule has 1 aliphatic heterocycles. The maximum Gasteiger partial charge on any atom is 0.253 e. The fourth-order valence-corrected chi connectivity index (χ4v) is 1.63. The summed E-state index contributed by atoms with van der Waals surface area (Å²) in [5.74, 6) is 0.191. The number of hydrogen-bond donors (Lipinski definition) is 0. The van der Waals surface area contributed by atoms with Crippen LogP contribution in [0.25, 0.3) is 0 Å². The number of allylic oxidation sites excluding steroid dienone is 2. The van der Waals surface area contributed by atoms with Gasteiger partial charge < -0.3 is 4.90 Å². The van der Waals surface area contributed by atoms with Crippen LogP contribution in [0.5, 0.6) is 0 Å². The second-order valence-electron chi connectivity index (χ2n) is 3.09. The van der Waals surface area contributed by atoms with Crippen LogP contribution in [0.1, 0.15) is 26.7 Å². The monoisotopic (exact) mass is 179 g/mol. The quantitative estimate of drug-likeness (QED) is 0.558. The number of likely N-dealkylation sites (tertiary alicyclic amines) is 1. The van der Waals surface area contributed by atoms with E-state index in [2.05, 4.69) is 12.2 Å². The average Bonchev–Trinajstić information content (AvgIpc) is 2.47. The molecular weight excluding hydrogens is 162 g/mol. The predicted molar refractivity (Wildman–Crippen MR) is 54.4 cm³/mol. The topological polar surface area (TPSA) is 20.3 Å². The molecule has 2 rings (SSSR count). The van der Waals surface area contributed by atoms with Crippen LogP contribution in [0.3, 0.4) is 0 Å². The number of fused-ring (bicyclic) bond motifs is 1. The molecule has 2 aliphatic rings. The van der Waals surface area contributed by atoms with Gasteiger partial charge in [0.15, 0.2) is 0 Å². The van der Waals surface area contributed by atoms with E-state index in [-0.39, 0.29) is 5.91 Å². The van der Waals surface area contributed by atoms with E-state index in [1.54, 1.807) is 4.90 Å². The minimum absolute atomic E-state index is 0.191. The zero-order chi connectivity index (χ0) is 9.84. The van der Waals surface area contributed by atoms with Gasteiger partial charge >= 0.3 is 0 Å². The van der Waals surface area contributed by atoms with Crippen LogP contribution >= 0.6 is 0 Å². The lowest BCUT2D eigenvalue weighted by Crippen LogP contribution is -2.18. The van der Waals surface area contributed by atoms with Gasteiger partial charge in [0.2, 0.25) is 0 Å². The Hall–Kier alpha value is -1.05. The van der Waals surface area contributed by atoms with Gasteiger partial charge in [0.1, 0.15) is 0 Å². The predicted octanol–water partition coefficient (Wildman–Crippen LogP) is 2.13. The number of carbonyl (C=O) groups excluding carboxylic acids is 1. The highest BCUT2D eigenvalue weighted by Crippen LogP contribution is 2.26. The normalized spacial score (nSPS) is 19.9. The minimum Gasteiger partial charge on any atom is -0.337 e. The van der Waals surface area contributed by atoms with Crippen molar-refractivity contribution in [2.45, 2.75) is 26.7 Å². The number of rotatable bonds is 0. The van der Waals surface area contributed by atoms with E-state index in [1.165, 1.54) is 5.57 Å². The van der Waals surface area contributed by atoms with E-state index >= 15 is 0 Å². The van der Waals surface area contributed by atoms with Crippen molar-refractivity contribution in [3.05, 3.63) is 23.3 Å². The summed E-state index contributed by atoms with van der Waals surface area (Å²) >= 11 is 0. The summed E-state index contributed by atoms with van der Waals surface area (Å²) in [6, 6.07) is 0. The third-order valence-electron chi connectivity index (χ3n) is 2.24. The number of amides is 1. The first-order chi connectivity index (χ1) is 6.29. The average molecular weight is 179 g/mol. The molecule has 72 valence electrons. The Morgan fingerprint density at radius 1 is 1.23 bits per heavy atom. The van der Waals surface area contributed by atoms with E-state index in [4.69, 9.17) is 0 Å². The Morgan fingerprint density at radius 2 is 1.85 bits per heavy atom. The molecule has 0 unspecified atom stereocenters. The van der Waals surface area contributed by atoms with Crippen molar-refractivity contribution in [1.29, 1.82) is 0 Å². The first-order valence-electron chi connectivity index (χ1n) is 4.94. The Bertz CT molecular complexity index is 263. The SMILES string of the molecule is CC.CN1CC2=CCCC=C2C1=O. The third kappa shape index (κ3) is 1.82. The number of hydrogen-bond acceptors (Lipinski definition) is 1. The van der Waals surface area contributed by atoms with Crippen LogP contribution in [0, 0.1) is 0 Å². The maximum atomic E-state index is 11.4. The highest BCUT2D eigenvalue weighted by molar-refractivity contribution is 6.01. The fourth-order valence-electron chi connectivity index (χ4n) is 1.63. The van der Waals surface area contributed by atoms with E-state index in [9.17, 15) is 4.79 Å². The van der Waals surface area contributed by atoms with Crippen molar-refractivity contribution >= 4 is 5.91 Å². The molecule has 2 nitrogen and oxygen atoms in total. The molecule has 0 saturated carbocycles. The Kier molecular flexibility index (Phi) is 3.29. The zero-order valence-corrected chi connectivity index (χ0v) is 8.63. The van der Waals surface area contributed by atoms with Gasteiger partial charge in [-0.1, -0.05) is 26.0 Å². The zero-order valence-electron chi connectivity index (χ0n) is 8.63. The number of carbonyl (C=O) groups is 1. The smallest absolute Gasteiger partial charge is 0.253 e. The van der Waals surface area contributed by atoms with Crippen LogP contribution in [0.15, 0.2) is 23.3 Å². The van der Waals surface area contributed by atoms with Crippen LogP contribution in [-0.4, -0.2) is 24.4 Å². The molecule has 0 aromatic carbocycles. The molecule has 1 heterocycles. The Balaban J connectivity index is 0.000000396. The van der Waals surface area contributed by atoms with Gasteiger partial charge in [0, 0.05) is 19.2 Å². The molecule has 0 aromatic heterocycles. The summed E-state index contributed by atoms with van der Waals surface area (Å²) in [6.45, 7) is 4.81. The molecule has 1 amide bonds. The van der Waals surface area contributed by atoms with E-state index in [0.29, 0.717) is 0 Å². The molecule has 0 aromatic rings. The second-order valence-corrected chi connectivity index (χ2v) is 3.09. The summed E-state index contributed by atoms with van der Waals surface area (Å²) in [4.78, 5) is 13.1. The van der Waals surface area contributed by atoms with Crippen molar-refractivity contribution < 1.29 is 4.79 Å². The summed E-state index contributed by atoms with van der Waals surface area (Å²) in [5, 5.41) is 0. The number of nitrogens with zero attached hydrogens (tertiary/aromatic N) is 1. The maximum absolute atomic E-state index is 11.4. The molecule has 2 heteroatoms. The van der Waals surface area contributed by atoms with Gasteiger partial charge in [-0.3, -0.25) is 4.79 Å². The summed E-state index contributed by atoms with van der Waals surface area (Å²) in [6.07, 6.45) is 6.36. The van der Waals surface area contributed by atoms with Crippen molar-refractivity contribution in [2.24, 2.45) is 0 Å². The molecule has 1 saturated heterocycles. The van der Waals surface area contributed by atoms with Crippen LogP contribution in [0.2, 0.25) is 0 Å². The Labute approximate surface area is 79.9 Å². The highest BCUT2D eigenvalue weighted by atomic mass is 16.2. The number of likely N-dealkylation sites (N-methyl/N-ethyl adjacent to an activating group) is 1. The van der Waals surface area contributed by atoms with Gasteiger partial charge in [-0.2, -0.15) is 0 Å². The standard InChI is InChI=1S/C9H11NO.C2H6/c1-10-6-7-4-2-3-5-8(7)9(10)11;1-2/h4-5H,2-3,6H2,1H3;1-2H3. The first-order valence-corrected chi connectivity index (χ1v) is 4.94. The first kappa shape index (κ1) is 10.0. The van der Waals surface area contributed by atoms with Gasteiger partial charge in [-0.15, -0.1) is 0 Å². The van der Waals surface area contributed by atoms with Crippen LogP contribution < -0.4 is 0 Å². The molecule has 0 bridgehead atoms. The molecule has 1 aliphatic carbocycles. The Morgan fingerprint density at radius 3 is 2.46 bits per heavy atom. The summed E-state index contributed by atoms with van der Waals surface area (Å²) < 4.78 is 0. The molecular formula is C11H17NO. The molecule has 1 fully saturated rings. The third-order valence-corrected chi connectivity index (χ3v) is 2.24. The summed E-state index contributed by atoms with van der Waals surface area (Å²) in [7, 11) is 1.85. The van der Waals surface area contributed by atoms with Crippen LogP contribution in [0.4, 0.5) is 0 Å². The molecule has 0 spiro atoms. The van der Waals surface area contributed by atoms with Gasteiger partial charge in [0.25, 0.3) is 5.91 Å². The molecule has 0 radical (unpaired) electrons. The molecule has 0 N–H and O–H groups in total. The van der Waals surface area contributed by atoms with Gasteiger partial charge in [-0.25, -0.2) is 0 Å². The van der Waals surface area contributed by atoms with Crippen molar-refractivity contribution in [1.82, 2.24) is 4.90 Å². The van der Waals surface area contributed by atoms with E-state index in [1.807, 2.05) is 20.9 Å². The summed E-state index contributed by atoms with van der Waals surface area (Å²) in [5.41, 5.74) is 2.17. The van der Waals surface area contributed by atoms with E-state index < -0.39 is 0 Å². The van der Waals surface area contributed by atoms with Gasteiger partial charge in [0.05, 0.1) is 0 Å². The molecule has 0 atom stereocenters. The molecule has 13 heavy (non-hydrogen) atoms. The lowest BCUT2D eigenvalue weighted by molar-refractivity contribution is -0.123. The van der Waals surface area contributed by atoms with Crippen molar-refractivity contribution in [3.63, 3.8) is 0 Å².